The summed E-state index contributed by atoms with van der Waals surface area (Å²) in [6, 6.07) is 11.6. The van der Waals surface area contributed by atoms with E-state index < -0.39 is 0 Å². The molecule has 0 fully saturated rings. The number of rotatable bonds is 4. The lowest BCUT2D eigenvalue weighted by Crippen LogP contribution is -1.95. The Bertz CT molecular complexity index is 497. The summed E-state index contributed by atoms with van der Waals surface area (Å²) in [5.74, 6) is 1.64. The SMILES string of the molecule is CCOc1ccccc1-c1cc(OC)ccn1. The number of hydrogen-bond donors (Lipinski definition) is 0. The van der Waals surface area contributed by atoms with Gasteiger partial charge in [0.15, 0.2) is 0 Å². The summed E-state index contributed by atoms with van der Waals surface area (Å²) in [7, 11) is 1.65. The van der Waals surface area contributed by atoms with Crippen LogP contribution in [0.25, 0.3) is 11.3 Å². The molecule has 0 radical (unpaired) electrons. The molecule has 0 aliphatic carbocycles. The Labute approximate surface area is 101 Å². The van der Waals surface area contributed by atoms with Gasteiger partial charge < -0.3 is 9.47 Å². The molecule has 88 valence electrons. The number of ether oxygens (including phenoxy) is 2. The van der Waals surface area contributed by atoms with Crippen molar-refractivity contribution in [1.29, 1.82) is 0 Å². The molecule has 1 aromatic carbocycles. The van der Waals surface area contributed by atoms with Crippen molar-refractivity contribution in [2.24, 2.45) is 0 Å². The van der Waals surface area contributed by atoms with Crippen LogP contribution < -0.4 is 9.47 Å². The number of hydrogen-bond acceptors (Lipinski definition) is 3. The highest BCUT2D eigenvalue weighted by molar-refractivity contribution is 5.67. The molecule has 0 N–H and O–H groups in total. The molecular weight excluding hydrogens is 214 g/mol. The first-order valence-electron chi connectivity index (χ1n) is 5.57. The number of pyridine rings is 1. The molecule has 3 heteroatoms. The molecular formula is C14H15NO2. The molecule has 0 amide bonds. The lowest BCUT2D eigenvalue weighted by atomic mass is 10.1. The van der Waals surface area contributed by atoms with Gasteiger partial charge in [-0.3, -0.25) is 4.98 Å². The predicted molar refractivity (Wildman–Crippen MR) is 67.4 cm³/mol. The minimum Gasteiger partial charge on any atom is -0.497 e. The molecule has 0 spiro atoms. The summed E-state index contributed by atoms with van der Waals surface area (Å²) in [5.41, 5.74) is 1.83. The highest BCUT2D eigenvalue weighted by Gasteiger charge is 2.07. The summed E-state index contributed by atoms with van der Waals surface area (Å²) in [5, 5.41) is 0. The third-order valence-electron chi connectivity index (χ3n) is 2.43. The van der Waals surface area contributed by atoms with Gasteiger partial charge in [0.05, 0.1) is 19.4 Å². The molecule has 0 unspecified atom stereocenters. The predicted octanol–water partition coefficient (Wildman–Crippen LogP) is 3.16. The van der Waals surface area contributed by atoms with Gasteiger partial charge in [-0.15, -0.1) is 0 Å². The molecule has 0 atom stereocenters. The van der Waals surface area contributed by atoms with Crippen molar-refractivity contribution in [3.8, 4) is 22.8 Å². The van der Waals surface area contributed by atoms with Gasteiger partial charge in [0.25, 0.3) is 0 Å². The summed E-state index contributed by atoms with van der Waals surface area (Å²) in [6.07, 6.45) is 1.73. The second-order valence-corrected chi connectivity index (χ2v) is 3.51. The number of aromatic nitrogens is 1. The molecule has 2 aromatic rings. The molecule has 0 aliphatic heterocycles. The molecule has 0 saturated heterocycles. The van der Waals surface area contributed by atoms with E-state index in [1.807, 2.05) is 43.3 Å². The number of methoxy groups -OCH3 is 1. The van der Waals surface area contributed by atoms with Crippen LogP contribution in [0.4, 0.5) is 0 Å². The van der Waals surface area contributed by atoms with Gasteiger partial charge in [0.1, 0.15) is 11.5 Å². The average molecular weight is 229 g/mol. The fraction of sp³-hybridized carbons (Fsp3) is 0.214. The maximum atomic E-state index is 5.58. The van der Waals surface area contributed by atoms with E-state index in [-0.39, 0.29) is 0 Å². The first-order valence-corrected chi connectivity index (χ1v) is 5.57. The molecule has 2 rings (SSSR count). The Kier molecular flexibility index (Phi) is 3.60. The Morgan fingerprint density at radius 2 is 2.00 bits per heavy atom. The van der Waals surface area contributed by atoms with Crippen LogP contribution in [-0.2, 0) is 0 Å². The summed E-state index contributed by atoms with van der Waals surface area (Å²) < 4.78 is 10.8. The van der Waals surface area contributed by atoms with Gasteiger partial charge in [-0.1, -0.05) is 12.1 Å². The number of para-hydroxylation sites is 1. The maximum Gasteiger partial charge on any atom is 0.128 e. The zero-order valence-corrected chi connectivity index (χ0v) is 10.0. The third kappa shape index (κ3) is 2.56. The van der Waals surface area contributed by atoms with Gasteiger partial charge in [-0.25, -0.2) is 0 Å². The Morgan fingerprint density at radius 3 is 2.76 bits per heavy atom. The van der Waals surface area contributed by atoms with E-state index in [4.69, 9.17) is 9.47 Å². The third-order valence-corrected chi connectivity index (χ3v) is 2.43. The van der Waals surface area contributed by atoms with Crippen LogP contribution in [0.2, 0.25) is 0 Å². The zero-order valence-electron chi connectivity index (χ0n) is 10.0. The van der Waals surface area contributed by atoms with Crippen molar-refractivity contribution in [3.63, 3.8) is 0 Å². The second-order valence-electron chi connectivity index (χ2n) is 3.51. The van der Waals surface area contributed by atoms with Gasteiger partial charge in [0.2, 0.25) is 0 Å². The normalized spacial score (nSPS) is 10.0. The van der Waals surface area contributed by atoms with Crippen LogP contribution in [0.3, 0.4) is 0 Å². The van der Waals surface area contributed by atoms with E-state index in [1.54, 1.807) is 13.3 Å². The highest BCUT2D eigenvalue weighted by Crippen LogP contribution is 2.29. The zero-order chi connectivity index (χ0) is 12.1. The van der Waals surface area contributed by atoms with Gasteiger partial charge in [-0.05, 0) is 25.1 Å². The van der Waals surface area contributed by atoms with E-state index in [9.17, 15) is 0 Å². The minimum atomic E-state index is 0.640. The van der Waals surface area contributed by atoms with E-state index >= 15 is 0 Å². The topological polar surface area (TPSA) is 31.4 Å². The van der Waals surface area contributed by atoms with Crippen LogP contribution in [0.5, 0.6) is 11.5 Å². The minimum absolute atomic E-state index is 0.640. The summed E-state index contributed by atoms with van der Waals surface area (Å²) in [6.45, 7) is 2.61. The van der Waals surface area contributed by atoms with Crippen molar-refractivity contribution in [2.45, 2.75) is 6.92 Å². The van der Waals surface area contributed by atoms with Crippen molar-refractivity contribution < 1.29 is 9.47 Å². The monoisotopic (exact) mass is 229 g/mol. The number of benzene rings is 1. The van der Waals surface area contributed by atoms with Crippen molar-refractivity contribution in [2.75, 3.05) is 13.7 Å². The Balaban J connectivity index is 2.44. The summed E-state index contributed by atoms with van der Waals surface area (Å²) in [4.78, 5) is 4.34. The van der Waals surface area contributed by atoms with Crippen LogP contribution >= 0.6 is 0 Å². The van der Waals surface area contributed by atoms with Gasteiger partial charge >= 0.3 is 0 Å². The lowest BCUT2D eigenvalue weighted by molar-refractivity contribution is 0.341. The van der Waals surface area contributed by atoms with Crippen LogP contribution in [0, 0.1) is 0 Å². The maximum absolute atomic E-state index is 5.58. The van der Waals surface area contributed by atoms with Gasteiger partial charge in [-0.2, -0.15) is 0 Å². The van der Waals surface area contributed by atoms with Crippen LogP contribution in [0.15, 0.2) is 42.6 Å². The van der Waals surface area contributed by atoms with Crippen molar-refractivity contribution in [1.82, 2.24) is 4.98 Å². The molecule has 0 saturated carbocycles. The fourth-order valence-electron chi connectivity index (χ4n) is 1.65. The Hall–Kier alpha value is -2.03. The van der Waals surface area contributed by atoms with E-state index in [0.29, 0.717) is 6.61 Å². The van der Waals surface area contributed by atoms with E-state index in [2.05, 4.69) is 4.98 Å². The molecule has 0 aliphatic rings. The average Bonchev–Trinajstić information content (AvgIpc) is 2.40. The smallest absolute Gasteiger partial charge is 0.128 e. The fourth-order valence-corrected chi connectivity index (χ4v) is 1.65. The van der Waals surface area contributed by atoms with Crippen molar-refractivity contribution in [3.05, 3.63) is 42.6 Å². The standard InChI is InChI=1S/C14H15NO2/c1-3-17-14-7-5-4-6-12(14)13-10-11(16-2)8-9-15-13/h4-10H,3H2,1-2H3. The lowest BCUT2D eigenvalue weighted by Gasteiger charge is -2.10. The van der Waals surface area contributed by atoms with Crippen LogP contribution in [0.1, 0.15) is 6.92 Å². The van der Waals surface area contributed by atoms with E-state index in [0.717, 1.165) is 22.8 Å². The summed E-state index contributed by atoms with van der Waals surface area (Å²) >= 11 is 0. The quantitative estimate of drug-likeness (QED) is 0.807. The number of nitrogens with zero attached hydrogens (tertiary/aromatic N) is 1. The largest absolute Gasteiger partial charge is 0.497 e. The molecule has 0 bridgehead atoms. The first-order chi connectivity index (χ1) is 8.35. The molecule has 1 aromatic heterocycles. The molecule has 1 heterocycles. The van der Waals surface area contributed by atoms with Crippen molar-refractivity contribution >= 4 is 0 Å². The Morgan fingerprint density at radius 1 is 1.18 bits per heavy atom. The second kappa shape index (κ2) is 5.34. The molecule has 3 nitrogen and oxygen atoms in total. The van der Waals surface area contributed by atoms with E-state index in [1.165, 1.54) is 0 Å². The van der Waals surface area contributed by atoms with Crippen LogP contribution in [-0.4, -0.2) is 18.7 Å². The first kappa shape index (κ1) is 11.5. The molecule has 17 heavy (non-hydrogen) atoms. The van der Waals surface area contributed by atoms with Gasteiger partial charge in [0, 0.05) is 17.8 Å². The highest BCUT2D eigenvalue weighted by atomic mass is 16.5.